The molecular weight excluding hydrogens is 274 g/mol. The van der Waals surface area contributed by atoms with Crippen molar-refractivity contribution in [2.45, 2.75) is 58.2 Å². The molecule has 1 aliphatic carbocycles. The second kappa shape index (κ2) is 7.19. The summed E-state index contributed by atoms with van der Waals surface area (Å²) < 4.78 is 11.1. The lowest BCUT2D eigenvalue weighted by atomic mass is 10.1. The number of halogens is 1. The lowest BCUT2D eigenvalue weighted by Crippen LogP contribution is -2.87. The molecule has 2 N–H and O–H groups in total. The van der Waals surface area contributed by atoms with Gasteiger partial charge in [-0.15, -0.1) is 0 Å². The highest BCUT2D eigenvalue weighted by atomic mass is 35.5. The molecule has 0 saturated heterocycles. The molecule has 0 unspecified atom stereocenters. The molecule has 1 aromatic rings. The van der Waals surface area contributed by atoms with Crippen LogP contribution >= 0.6 is 11.6 Å². The fraction of sp³-hybridized carbons (Fsp3) is 0.625. The number of ether oxygens (including phenoxy) is 2. The van der Waals surface area contributed by atoms with Crippen LogP contribution in [0.2, 0.25) is 5.02 Å². The van der Waals surface area contributed by atoms with Crippen LogP contribution in [0, 0.1) is 0 Å². The van der Waals surface area contributed by atoms with Crippen LogP contribution < -0.4 is 14.8 Å². The third-order valence-electron chi connectivity index (χ3n) is 3.77. The third kappa shape index (κ3) is 4.03. The zero-order chi connectivity index (χ0) is 14.5. The van der Waals surface area contributed by atoms with Crippen LogP contribution in [-0.4, -0.2) is 19.3 Å². The van der Waals surface area contributed by atoms with Gasteiger partial charge in [-0.2, -0.15) is 0 Å². The van der Waals surface area contributed by atoms with Crippen LogP contribution in [0.1, 0.15) is 45.1 Å². The first-order valence-corrected chi connectivity index (χ1v) is 7.84. The monoisotopic (exact) mass is 298 g/mol. The van der Waals surface area contributed by atoms with E-state index in [9.17, 15) is 0 Å². The van der Waals surface area contributed by atoms with Crippen molar-refractivity contribution in [3.8, 4) is 11.5 Å². The third-order valence-corrected chi connectivity index (χ3v) is 4.12. The van der Waals surface area contributed by atoms with Crippen LogP contribution in [0.3, 0.4) is 0 Å². The summed E-state index contributed by atoms with van der Waals surface area (Å²) in [5.41, 5.74) is 1.12. The maximum absolute atomic E-state index is 6.37. The van der Waals surface area contributed by atoms with E-state index in [1.807, 2.05) is 26.0 Å². The molecule has 2 rings (SSSR count). The van der Waals surface area contributed by atoms with E-state index in [0.29, 0.717) is 0 Å². The topological polar surface area (TPSA) is 35.1 Å². The van der Waals surface area contributed by atoms with Crippen LogP contribution in [0.15, 0.2) is 12.1 Å². The van der Waals surface area contributed by atoms with Crippen LogP contribution in [0.4, 0.5) is 0 Å². The lowest BCUT2D eigenvalue weighted by molar-refractivity contribution is -0.703. The molecule has 0 spiro atoms. The first-order chi connectivity index (χ1) is 9.60. The zero-order valence-corrected chi connectivity index (χ0v) is 13.4. The molecule has 20 heavy (non-hydrogen) atoms. The smallest absolute Gasteiger partial charge is 0.163 e. The molecule has 0 radical (unpaired) electrons. The largest absolute Gasteiger partial charge is 0.493 e. The minimum absolute atomic E-state index is 0.107. The second-order valence-electron chi connectivity index (χ2n) is 5.75. The van der Waals surface area contributed by atoms with Gasteiger partial charge in [0, 0.05) is 11.6 Å². The molecule has 0 amide bonds. The standard InChI is InChI=1S/C16H24ClNO2/c1-11(2)20-16-9-14(17)12(8-15(16)19-3)10-18-13-6-4-5-7-13/h8-9,11,13,18H,4-7,10H2,1-3H3/p+1. The molecule has 4 heteroatoms. The Bertz CT molecular complexity index is 442. The van der Waals surface area contributed by atoms with E-state index in [1.165, 1.54) is 25.7 Å². The predicted molar refractivity (Wildman–Crippen MR) is 81.7 cm³/mol. The minimum Gasteiger partial charge on any atom is -0.493 e. The van der Waals surface area contributed by atoms with E-state index in [2.05, 4.69) is 5.32 Å². The number of hydrogen-bond donors (Lipinski definition) is 1. The van der Waals surface area contributed by atoms with E-state index in [-0.39, 0.29) is 6.10 Å². The number of benzene rings is 1. The van der Waals surface area contributed by atoms with E-state index in [1.54, 1.807) is 7.11 Å². The van der Waals surface area contributed by atoms with Gasteiger partial charge >= 0.3 is 0 Å². The van der Waals surface area contributed by atoms with Crippen molar-refractivity contribution in [2.24, 2.45) is 0 Å². The van der Waals surface area contributed by atoms with Gasteiger partial charge in [0.2, 0.25) is 0 Å². The molecule has 112 valence electrons. The van der Waals surface area contributed by atoms with Crippen molar-refractivity contribution < 1.29 is 14.8 Å². The van der Waals surface area contributed by atoms with E-state index >= 15 is 0 Å². The van der Waals surface area contributed by atoms with Crippen molar-refractivity contribution in [2.75, 3.05) is 7.11 Å². The Morgan fingerprint density at radius 3 is 2.55 bits per heavy atom. The Morgan fingerprint density at radius 2 is 1.95 bits per heavy atom. The number of quaternary nitrogens is 1. The maximum Gasteiger partial charge on any atom is 0.163 e. The van der Waals surface area contributed by atoms with Crippen molar-refractivity contribution >= 4 is 11.6 Å². The molecule has 0 aliphatic heterocycles. The van der Waals surface area contributed by atoms with Gasteiger partial charge in [-0.05, 0) is 45.6 Å². The molecule has 1 saturated carbocycles. The van der Waals surface area contributed by atoms with Crippen LogP contribution in [0.25, 0.3) is 0 Å². The Balaban J connectivity index is 2.08. The fourth-order valence-corrected chi connectivity index (χ4v) is 2.96. The van der Waals surface area contributed by atoms with Gasteiger partial charge in [0.15, 0.2) is 11.5 Å². The summed E-state index contributed by atoms with van der Waals surface area (Å²) in [7, 11) is 1.67. The highest BCUT2D eigenvalue weighted by Crippen LogP contribution is 2.33. The Morgan fingerprint density at radius 1 is 1.25 bits per heavy atom. The average molecular weight is 299 g/mol. The molecule has 1 aliphatic rings. The van der Waals surface area contributed by atoms with Crippen LogP contribution in [0.5, 0.6) is 11.5 Å². The zero-order valence-electron chi connectivity index (χ0n) is 12.6. The number of hydrogen-bond acceptors (Lipinski definition) is 2. The second-order valence-corrected chi connectivity index (χ2v) is 6.15. The molecule has 1 aromatic carbocycles. The van der Waals surface area contributed by atoms with Crippen molar-refractivity contribution in [1.29, 1.82) is 0 Å². The summed E-state index contributed by atoms with van der Waals surface area (Å²) in [6.07, 6.45) is 5.47. The molecule has 3 nitrogen and oxygen atoms in total. The van der Waals surface area contributed by atoms with E-state index in [0.717, 1.165) is 34.7 Å². The highest BCUT2D eigenvalue weighted by Gasteiger charge is 2.19. The number of rotatable bonds is 6. The van der Waals surface area contributed by atoms with Gasteiger partial charge in [0.25, 0.3) is 0 Å². The van der Waals surface area contributed by atoms with Crippen molar-refractivity contribution in [3.05, 3.63) is 22.7 Å². The number of methoxy groups -OCH3 is 1. The maximum atomic E-state index is 6.37. The SMILES string of the molecule is COc1cc(C[NH2+]C2CCCC2)c(Cl)cc1OC(C)C. The first kappa shape index (κ1) is 15.5. The minimum atomic E-state index is 0.107. The van der Waals surface area contributed by atoms with Crippen LogP contribution in [-0.2, 0) is 6.54 Å². The number of nitrogens with two attached hydrogens (primary N) is 1. The van der Waals surface area contributed by atoms with Gasteiger partial charge < -0.3 is 14.8 Å². The van der Waals surface area contributed by atoms with Gasteiger partial charge in [0.05, 0.1) is 24.3 Å². The highest BCUT2D eigenvalue weighted by molar-refractivity contribution is 6.31. The van der Waals surface area contributed by atoms with Crippen molar-refractivity contribution in [3.63, 3.8) is 0 Å². The summed E-state index contributed by atoms with van der Waals surface area (Å²) in [5.74, 6) is 1.48. The molecule has 0 aromatic heterocycles. The quantitative estimate of drug-likeness (QED) is 0.875. The van der Waals surface area contributed by atoms with Gasteiger partial charge in [-0.25, -0.2) is 0 Å². The molecule has 0 bridgehead atoms. The molecular formula is C16H25ClNO2+. The van der Waals surface area contributed by atoms with Gasteiger partial charge in [-0.3, -0.25) is 0 Å². The Labute approximate surface area is 126 Å². The fourth-order valence-electron chi connectivity index (χ4n) is 2.73. The van der Waals surface area contributed by atoms with E-state index in [4.69, 9.17) is 21.1 Å². The molecule has 1 fully saturated rings. The predicted octanol–water partition coefficient (Wildman–Crippen LogP) is 3.14. The van der Waals surface area contributed by atoms with Gasteiger partial charge in [-0.1, -0.05) is 11.6 Å². The molecule has 0 atom stereocenters. The first-order valence-electron chi connectivity index (χ1n) is 7.46. The van der Waals surface area contributed by atoms with E-state index < -0.39 is 0 Å². The van der Waals surface area contributed by atoms with Gasteiger partial charge in [0.1, 0.15) is 6.54 Å². The Hall–Kier alpha value is -0.930. The summed E-state index contributed by atoms with van der Waals surface area (Å²) in [6.45, 7) is 4.89. The normalized spacial score (nSPS) is 15.8. The summed E-state index contributed by atoms with van der Waals surface area (Å²) >= 11 is 6.37. The summed E-state index contributed by atoms with van der Waals surface area (Å²) in [6, 6.07) is 4.63. The lowest BCUT2D eigenvalue weighted by Gasteiger charge is -2.16. The van der Waals surface area contributed by atoms with Crippen molar-refractivity contribution in [1.82, 2.24) is 0 Å². The molecule has 0 heterocycles. The average Bonchev–Trinajstić information content (AvgIpc) is 2.90. The summed E-state index contributed by atoms with van der Waals surface area (Å²) in [4.78, 5) is 0. The Kier molecular flexibility index (Phi) is 5.55. The summed E-state index contributed by atoms with van der Waals surface area (Å²) in [5, 5.41) is 3.16.